The molecule has 6 heteroatoms. The molecule has 19 heavy (non-hydrogen) atoms. The molecule has 102 valence electrons. The van der Waals surface area contributed by atoms with Crippen molar-refractivity contribution in [3.05, 3.63) is 28.8 Å². The Labute approximate surface area is 115 Å². The van der Waals surface area contributed by atoms with Crippen molar-refractivity contribution in [3.63, 3.8) is 0 Å². The molecule has 0 radical (unpaired) electrons. The summed E-state index contributed by atoms with van der Waals surface area (Å²) in [5.74, 6) is -1.34. The monoisotopic (exact) mass is 283 g/mol. The van der Waals surface area contributed by atoms with E-state index >= 15 is 0 Å². The first kappa shape index (κ1) is 13.7. The van der Waals surface area contributed by atoms with Crippen LogP contribution in [0, 0.1) is 0 Å². The molecule has 1 amide bonds. The second-order valence-electron chi connectivity index (χ2n) is 4.46. The molecule has 0 spiro atoms. The standard InChI is InChI=1S/C13H14ClNO4/c1-7(12(16)15-8-5-6-8)19-10-4-2-3-9(14)11(10)13(17)18/h2-4,7-8H,5-6H2,1H3,(H,15,16)(H,17,18). The maximum Gasteiger partial charge on any atom is 0.341 e. The van der Waals surface area contributed by atoms with E-state index in [1.807, 2.05) is 0 Å². The minimum atomic E-state index is -1.18. The number of hydrogen-bond donors (Lipinski definition) is 2. The Kier molecular flexibility index (Phi) is 3.95. The first-order valence-electron chi connectivity index (χ1n) is 5.98. The molecule has 0 saturated heterocycles. The van der Waals surface area contributed by atoms with Crippen molar-refractivity contribution in [1.29, 1.82) is 0 Å². The molecule has 2 N–H and O–H groups in total. The molecule has 0 heterocycles. The van der Waals surface area contributed by atoms with Crippen LogP contribution < -0.4 is 10.1 Å². The summed E-state index contributed by atoms with van der Waals surface area (Å²) in [6, 6.07) is 4.76. The highest BCUT2D eigenvalue weighted by molar-refractivity contribution is 6.33. The van der Waals surface area contributed by atoms with Crippen LogP contribution in [0.1, 0.15) is 30.1 Å². The van der Waals surface area contributed by atoms with Crippen LogP contribution in [0.4, 0.5) is 0 Å². The van der Waals surface area contributed by atoms with Gasteiger partial charge in [-0.1, -0.05) is 17.7 Å². The van der Waals surface area contributed by atoms with E-state index in [1.54, 1.807) is 13.0 Å². The zero-order chi connectivity index (χ0) is 14.0. The molecule has 0 bridgehead atoms. The lowest BCUT2D eigenvalue weighted by atomic mass is 10.2. The van der Waals surface area contributed by atoms with Crippen molar-refractivity contribution in [2.45, 2.75) is 31.9 Å². The van der Waals surface area contributed by atoms with E-state index in [9.17, 15) is 9.59 Å². The van der Waals surface area contributed by atoms with Crippen LogP contribution in [0.3, 0.4) is 0 Å². The third kappa shape index (κ3) is 3.38. The summed E-state index contributed by atoms with van der Waals surface area (Å²) >= 11 is 5.82. The van der Waals surface area contributed by atoms with E-state index < -0.39 is 12.1 Å². The van der Waals surface area contributed by atoms with Crippen LogP contribution >= 0.6 is 11.6 Å². The van der Waals surface area contributed by atoms with Crippen LogP contribution in [0.15, 0.2) is 18.2 Å². The van der Waals surface area contributed by atoms with Gasteiger partial charge in [0, 0.05) is 6.04 Å². The van der Waals surface area contributed by atoms with Crippen molar-refractivity contribution in [3.8, 4) is 5.75 Å². The Morgan fingerprint density at radius 1 is 1.47 bits per heavy atom. The minimum absolute atomic E-state index is 0.0831. The number of ether oxygens (including phenoxy) is 1. The second-order valence-corrected chi connectivity index (χ2v) is 4.87. The lowest BCUT2D eigenvalue weighted by Gasteiger charge is -2.16. The number of halogens is 1. The third-order valence-corrected chi connectivity index (χ3v) is 3.10. The fourth-order valence-corrected chi connectivity index (χ4v) is 1.85. The molecule has 1 unspecified atom stereocenters. The molecule has 1 aliphatic carbocycles. The topological polar surface area (TPSA) is 75.6 Å². The van der Waals surface area contributed by atoms with Crippen LogP contribution in [0.2, 0.25) is 5.02 Å². The number of carboxylic acid groups (broad SMARTS) is 1. The zero-order valence-electron chi connectivity index (χ0n) is 10.4. The normalized spacial score (nSPS) is 15.7. The first-order valence-corrected chi connectivity index (χ1v) is 6.35. The average Bonchev–Trinajstić information content (AvgIpc) is 3.12. The van der Waals surface area contributed by atoms with Gasteiger partial charge in [-0.05, 0) is 31.9 Å². The molecule has 1 atom stereocenters. The molecule has 0 aliphatic heterocycles. The predicted molar refractivity (Wildman–Crippen MR) is 69.7 cm³/mol. The van der Waals surface area contributed by atoms with Gasteiger partial charge < -0.3 is 15.2 Å². The summed E-state index contributed by atoms with van der Waals surface area (Å²) in [6.07, 6.45) is 1.20. The van der Waals surface area contributed by atoms with E-state index in [4.69, 9.17) is 21.4 Å². The van der Waals surface area contributed by atoms with Gasteiger partial charge in [0.25, 0.3) is 5.91 Å². The summed E-state index contributed by atoms with van der Waals surface area (Å²) in [4.78, 5) is 22.9. The molecule has 1 saturated carbocycles. The fourth-order valence-electron chi connectivity index (χ4n) is 1.60. The van der Waals surface area contributed by atoms with E-state index in [2.05, 4.69) is 5.32 Å². The van der Waals surface area contributed by atoms with Crippen molar-refractivity contribution in [1.82, 2.24) is 5.32 Å². The van der Waals surface area contributed by atoms with Crippen LogP contribution in [0.25, 0.3) is 0 Å². The summed E-state index contributed by atoms with van der Waals surface area (Å²) in [7, 11) is 0. The highest BCUT2D eigenvalue weighted by Crippen LogP contribution is 2.27. The SMILES string of the molecule is CC(Oc1cccc(Cl)c1C(=O)O)C(=O)NC1CC1. The molecule has 0 aromatic heterocycles. The highest BCUT2D eigenvalue weighted by Gasteiger charge is 2.27. The number of rotatable bonds is 5. The number of nitrogens with one attached hydrogen (secondary N) is 1. The van der Waals surface area contributed by atoms with Gasteiger partial charge in [-0.2, -0.15) is 0 Å². The lowest BCUT2D eigenvalue weighted by molar-refractivity contribution is -0.127. The van der Waals surface area contributed by atoms with E-state index in [0.717, 1.165) is 12.8 Å². The Balaban J connectivity index is 2.11. The number of carbonyl (C=O) groups excluding carboxylic acids is 1. The Morgan fingerprint density at radius 3 is 2.74 bits per heavy atom. The number of carboxylic acids is 1. The van der Waals surface area contributed by atoms with Gasteiger partial charge in [-0.25, -0.2) is 4.79 Å². The third-order valence-electron chi connectivity index (χ3n) is 2.79. The van der Waals surface area contributed by atoms with Gasteiger partial charge >= 0.3 is 5.97 Å². The molecule has 1 aliphatic rings. The number of aromatic carboxylic acids is 1. The van der Waals surface area contributed by atoms with Crippen LogP contribution in [-0.4, -0.2) is 29.1 Å². The molecule has 1 aromatic carbocycles. The maximum atomic E-state index is 11.7. The number of amides is 1. The van der Waals surface area contributed by atoms with Gasteiger partial charge in [-0.15, -0.1) is 0 Å². The summed E-state index contributed by atoms with van der Waals surface area (Å²) in [5, 5.41) is 12.0. The quantitative estimate of drug-likeness (QED) is 0.867. The van der Waals surface area contributed by atoms with Crippen molar-refractivity contribution < 1.29 is 19.4 Å². The van der Waals surface area contributed by atoms with Crippen LogP contribution in [-0.2, 0) is 4.79 Å². The minimum Gasteiger partial charge on any atom is -0.480 e. The Morgan fingerprint density at radius 2 is 2.16 bits per heavy atom. The van der Waals surface area contributed by atoms with Crippen molar-refractivity contribution in [2.75, 3.05) is 0 Å². The summed E-state index contributed by atoms with van der Waals surface area (Å²) < 4.78 is 5.40. The van der Waals surface area contributed by atoms with Crippen molar-refractivity contribution >= 4 is 23.5 Å². The predicted octanol–water partition coefficient (Wildman–Crippen LogP) is 2.08. The largest absolute Gasteiger partial charge is 0.480 e. The van der Waals surface area contributed by atoms with E-state index in [-0.39, 0.29) is 28.3 Å². The number of carbonyl (C=O) groups is 2. The van der Waals surface area contributed by atoms with Gasteiger partial charge in [0.05, 0.1) is 5.02 Å². The molecular formula is C13H14ClNO4. The van der Waals surface area contributed by atoms with Gasteiger partial charge in [0.15, 0.2) is 6.10 Å². The zero-order valence-corrected chi connectivity index (χ0v) is 11.1. The average molecular weight is 284 g/mol. The number of benzene rings is 1. The molecular weight excluding hydrogens is 270 g/mol. The van der Waals surface area contributed by atoms with Gasteiger partial charge in [-0.3, -0.25) is 4.79 Å². The summed E-state index contributed by atoms with van der Waals surface area (Å²) in [6.45, 7) is 1.57. The smallest absolute Gasteiger partial charge is 0.341 e. The first-order chi connectivity index (χ1) is 8.99. The summed E-state index contributed by atoms with van der Waals surface area (Å²) in [5.41, 5.74) is -0.129. The van der Waals surface area contributed by atoms with Gasteiger partial charge in [0.2, 0.25) is 0 Å². The second kappa shape index (κ2) is 5.48. The molecule has 1 aromatic rings. The molecule has 2 rings (SSSR count). The Hall–Kier alpha value is -1.75. The van der Waals surface area contributed by atoms with Crippen LogP contribution in [0.5, 0.6) is 5.75 Å². The lowest BCUT2D eigenvalue weighted by Crippen LogP contribution is -2.37. The number of hydrogen-bond acceptors (Lipinski definition) is 3. The van der Waals surface area contributed by atoms with E-state index in [1.165, 1.54) is 12.1 Å². The van der Waals surface area contributed by atoms with Crippen molar-refractivity contribution in [2.24, 2.45) is 0 Å². The molecule has 1 fully saturated rings. The maximum absolute atomic E-state index is 11.7. The highest BCUT2D eigenvalue weighted by atomic mass is 35.5. The Bertz CT molecular complexity index is 513. The fraction of sp³-hybridized carbons (Fsp3) is 0.385. The van der Waals surface area contributed by atoms with Gasteiger partial charge in [0.1, 0.15) is 11.3 Å². The molecule has 5 nitrogen and oxygen atoms in total. The van der Waals surface area contributed by atoms with E-state index in [0.29, 0.717) is 0 Å².